The van der Waals surface area contributed by atoms with Crippen molar-refractivity contribution in [1.29, 1.82) is 0 Å². The van der Waals surface area contributed by atoms with E-state index in [4.69, 9.17) is 0 Å². The Kier molecular flexibility index (Phi) is 6.12. The van der Waals surface area contributed by atoms with Crippen molar-refractivity contribution in [3.63, 3.8) is 0 Å². The third-order valence-electron chi connectivity index (χ3n) is 4.34. The highest BCUT2D eigenvalue weighted by Crippen LogP contribution is 2.45. The first-order chi connectivity index (χ1) is 8.71. The van der Waals surface area contributed by atoms with Crippen molar-refractivity contribution in [3.8, 4) is 0 Å². The molecule has 0 aromatic carbocycles. The molecule has 2 atom stereocenters. The molecule has 0 bridgehead atoms. The van der Waals surface area contributed by atoms with Gasteiger partial charge < -0.3 is 4.74 Å². The summed E-state index contributed by atoms with van der Waals surface area (Å²) in [7, 11) is 0. The summed E-state index contributed by atoms with van der Waals surface area (Å²) in [5.74, 6) is -0.195. The van der Waals surface area contributed by atoms with E-state index in [9.17, 15) is 18.0 Å². The fourth-order valence-corrected chi connectivity index (χ4v) is 1.88. The van der Waals surface area contributed by atoms with Gasteiger partial charge in [0.2, 0.25) is 0 Å². The van der Waals surface area contributed by atoms with Crippen molar-refractivity contribution in [2.45, 2.75) is 61.1 Å². The van der Waals surface area contributed by atoms with E-state index in [1.165, 1.54) is 0 Å². The lowest BCUT2D eigenvalue weighted by molar-refractivity contribution is -0.198. The topological polar surface area (TPSA) is 26.3 Å². The molecule has 20 heavy (non-hydrogen) atoms. The van der Waals surface area contributed by atoms with Gasteiger partial charge in [-0.15, -0.1) is 0 Å². The van der Waals surface area contributed by atoms with Gasteiger partial charge in [0.15, 0.2) is 6.61 Å². The van der Waals surface area contributed by atoms with Crippen LogP contribution in [0.15, 0.2) is 0 Å². The molecule has 0 aliphatic rings. The summed E-state index contributed by atoms with van der Waals surface area (Å²) in [6.07, 6.45) is -3.98. The van der Waals surface area contributed by atoms with E-state index in [1.54, 1.807) is 6.92 Å². The summed E-state index contributed by atoms with van der Waals surface area (Å²) in [6.45, 7) is 11.8. The Balaban J connectivity index is 5.10. The molecule has 0 aromatic rings. The Morgan fingerprint density at radius 3 is 1.80 bits per heavy atom. The maximum atomic E-state index is 12.2. The van der Waals surface area contributed by atoms with Crippen molar-refractivity contribution >= 4 is 5.97 Å². The predicted octanol–water partition coefficient (Wildman–Crippen LogP) is 4.83. The van der Waals surface area contributed by atoms with Crippen molar-refractivity contribution in [3.05, 3.63) is 0 Å². The van der Waals surface area contributed by atoms with Gasteiger partial charge in [0.25, 0.3) is 0 Å². The first kappa shape index (κ1) is 19.3. The van der Waals surface area contributed by atoms with Gasteiger partial charge in [0.05, 0.1) is 5.41 Å². The molecule has 0 N–H and O–H groups in total. The Hall–Kier alpha value is -0.740. The first-order valence-electron chi connectivity index (χ1n) is 6.94. The SMILES string of the molecule is CC(C)C(C)CC(C)(C(=O)OCC(F)(F)F)C(C)(C)C. The number of rotatable bonds is 5. The van der Waals surface area contributed by atoms with Gasteiger partial charge in [0.1, 0.15) is 0 Å². The second-order valence-corrected chi connectivity index (χ2v) is 7.20. The van der Waals surface area contributed by atoms with Gasteiger partial charge in [0, 0.05) is 0 Å². The summed E-state index contributed by atoms with van der Waals surface area (Å²) in [5.41, 5.74) is -1.42. The fraction of sp³-hybridized carbons (Fsp3) is 0.933. The van der Waals surface area contributed by atoms with Crippen molar-refractivity contribution < 1.29 is 22.7 Å². The molecule has 0 radical (unpaired) electrons. The number of ether oxygens (including phenoxy) is 1. The zero-order valence-electron chi connectivity index (χ0n) is 13.5. The number of carbonyl (C=O) groups excluding carboxylic acids is 1. The number of carbonyl (C=O) groups is 1. The van der Waals surface area contributed by atoms with E-state index in [1.807, 2.05) is 41.5 Å². The highest BCUT2D eigenvalue weighted by Gasteiger charge is 2.47. The van der Waals surface area contributed by atoms with Crippen molar-refractivity contribution in [2.24, 2.45) is 22.7 Å². The number of hydrogen-bond donors (Lipinski definition) is 0. The molecule has 0 fully saturated rings. The smallest absolute Gasteiger partial charge is 0.422 e. The molecule has 0 saturated heterocycles. The van der Waals surface area contributed by atoms with Crippen LogP contribution < -0.4 is 0 Å². The maximum absolute atomic E-state index is 12.2. The van der Waals surface area contributed by atoms with Gasteiger partial charge in [-0.05, 0) is 30.6 Å². The zero-order chi connectivity index (χ0) is 16.4. The van der Waals surface area contributed by atoms with Crippen LogP contribution in [-0.2, 0) is 9.53 Å². The Bertz CT molecular complexity index is 329. The molecule has 0 saturated carbocycles. The molecule has 2 nitrogen and oxygen atoms in total. The minimum atomic E-state index is -4.49. The summed E-state index contributed by atoms with van der Waals surface area (Å²) in [4.78, 5) is 12.2. The lowest BCUT2D eigenvalue weighted by Crippen LogP contribution is -2.44. The molecular weight excluding hydrogens is 269 g/mol. The van der Waals surface area contributed by atoms with Crippen LogP contribution in [0, 0.1) is 22.7 Å². The van der Waals surface area contributed by atoms with Gasteiger partial charge in [-0.25, -0.2) is 0 Å². The number of halogens is 3. The van der Waals surface area contributed by atoms with Crippen LogP contribution in [-0.4, -0.2) is 18.8 Å². The Morgan fingerprint density at radius 1 is 1.05 bits per heavy atom. The number of alkyl halides is 3. The van der Waals surface area contributed by atoms with Crippen LogP contribution >= 0.6 is 0 Å². The minimum absolute atomic E-state index is 0.220. The van der Waals surface area contributed by atoms with E-state index in [2.05, 4.69) is 4.74 Å². The lowest BCUT2D eigenvalue weighted by atomic mass is 9.63. The van der Waals surface area contributed by atoms with E-state index >= 15 is 0 Å². The van der Waals surface area contributed by atoms with E-state index < -0.39 is 29.6 Å². The van der Waals surface area contributed by atoms with Crippen LogP contribution in [0.25, 0.3) is 0 Å². The molecule has 0 aliphatic carbocycles. The highest BCUT2D eigenvalue weighted by atomic mass is 19.4. The van der Waals surface area contributed by atoms with E-state index in [-0.39, 0.29) is 5.92 Å². The number of esters is 1. The third kappa shape index (κ3) is 5.33. The van der Waals surface area contributed by atoms with Crippen LogP contribution in [0.2, 0.25) is 0 Å². The minimum Gasteiger partial charge on any atom is -0.456 e. The van der Waals surface area contributed by atoms with Crippen molar-refractivity contribution in [1.82, 2.24) is 0 Å². The third-order valence-corrected chi connectivity index (χ3v) is 4.34. The van der Waals surface area contributed by atoms with Crippen LogP contribution in [0.4, 0.5) is 13.2 Å². The molecule has 2 unspecified atom stereocenters. The standard InChI is InChI=1S/C15H27F3O2/c1-10(2)11(3)8-14(7,13(4,5)6)12(19)20-9-15(16,17)18/h10-11H,8-9H2,1-7H3. The summed E-state index contributed by atoms with van der Waals surface area (Å²) < 4.78 is 41.2. The average molecular weight is 296 g/mol. The summed E-state index contributed by atoms with van der Waals surface area (Å²) in [6, 6.07) is 0. The molecule has 0 amide bonds. The average Bonchev–Trinajstić information content (AvgIpc) is 2.22. The molecule has 120 valence electrons. The fourth-order valence-electron chi connectivity index (χ4n) is 1.88. The summed E-state index contributed by atoms with van der Waals surface area (Å²) >= 11 is 0. The molecule has 0 aliphatic heterocycles. The first-order valence-corrected chi connectivity index (χ1v) is 6.94. The largest absolute Gasteiger partial charge is 0.456 e. The second kappa shape index (κ2) is 6.35. The predicted molar refractivity (Wildman–Crippen MR) is 73.2 cm³/mol. The summed E-state index contributed by atoms with van der Waals surface area (Å²) in [5, 5.41) is 0. The Labute approximate surface area is 120 Å². The van der Waals surface area contributed by atoms with Crippen LogP contribution in [0.1, 0.15) is 54.9 Å². The van der Waals surface area contributed by atoms with Crippen molar-refractivity contribution in [2.75, 3.05) is 6.61 Å². The van der Waals surface area contributed by atoms with Gasteiger partial charge in [-0.2, -0.15) is 13.2 Å². The van der Waals surface area contributed by atoms with Crippen LogP contribution in [0.3, 0.4) is 0 Å². The maximum Gasteiger partial charge on any atom is 0.422 e. The van der Waals surface area contributed by atoms with Crippen LogP contribution in [0.5, 0.6) is 0 Å². The molecule has 0 heterocycles. The monoisotopic (exact) mass is 296 g/mol. The molecule has 0 aromatic heterocycles. The normalized spacial score (nSPS) is 17.8. The van der Waals surface area contributed by atoms with E-state index in [0.29, 0.717) is 12.3 Å². The quantitative estimate of drug-likeness (QED) is 0.679. The molecule has 0 spiro atoms. The molecule has 5 heteroatoms. The number of hydrogen-bond acceptors (Lipinski definition) is 2. The van der Waals surface area contributed by atoms with Gasteiger partial charge >= 0.3 is 12.1 Å². The lowest BCUT2D eigenvalue weighted by Gasteiger charge is -2.42. The molecule has 0 rings (SSSR count). The molecular formula is C15H27F3O2. The van der Waals surface area contributed by atoms with Gasteiger partial charge in [-0.3, -0.25) is 4.79 Å². The zero-order valence-corrected chi connectivity index (χ0v) is 13.5. The second-order valence-electron chi connectivity index (χ2n) is 7.20. The van der Waals surface area contributed by atoms with E-state index in [0.717, 1.165) is 0 Å². The highest BCUT2D eigenvalue weighted by molar-refractivity contribution is 5.77. The van der Waals surface area contributed by atoms with Gasteiger partial charge in [-0.1, -0.05) is 41.5 Å². The Morgan fingerprint density at radius 2 is 1.50 bits per heavy atom.